The van der Waals surface area contributed by atoms with Crippen molar-refractivity contribution in [3.05, 3.63) is 77.1 Å². The Kier molecular flexibility index (Phi) is 7.38. The summed E-state index contributed by atoms with van der Waals surface area (Å²) in [5, 5.41) is 3.31. The van der Waals surface area contributed by atoms with Crippen LogP contribution in [0.3, 0.4) is 0 Å². The largest absolute Gasteiger partial charge is 0.496 e. The van der Waals surface area contributed by atoms with Crippen molar-refractivity contribution in [2.75, 3.05) is 21.3 Å². The topological polar surface area (TPSA) is 83.1 Å². The second kappa shape index (κ2) is 10.5. The maximum absolute atomic E-state index is 13.8. The molecule has 7 nitrogen and oxygen atoms in total. The van der Waals surface area contributed by atoms with Gasteiger partial charge in [-0.15, -0.1) is 0 Å². The number of carbonyl (C=O) groups excluding carboxylic acids is 2. The number of para-hydroxylation sites is 1. The van der Waals surface area contributed by atoms with E-state index >= 15 is 0 Å². The van der Waals surface area contributed by atoms with E-state index in [0.29, 0.717) is 41.4 Å². The second-order valence-electron chi connectivity index (χ2n) is 9.37. The number of ether oxygens (including phenoxy) is 4. The van der Waals surface area contributed by atoms with Crippen LogP contribution in [0.5, 0.6) is 17.2 Å². The van der Waals surface area contributed by atoms with Crippen LogP contribution < -0.4 is 19.5 Å². The molecule has 0 saturated carbocycles. The second-order valence-corrected chi connectivity index (χ2v) is 9.37. The molecule has 0 radical (unpaired) electrons. The molecule has 2 aromatic carbocycles. The zero-order valence-electron chi connectivity index (χ0n) is 21.4. The fourth-order valence-electron chi connectivity index (χ4n) is 5.23. The molecular weight excluding hydrogens is 458 g/mol. The summed E-state index contributed by atoms with van der Waals surface area (Å²) in [6.07, 6.45) is 0.600. The summed E-state index contributed by atoms with van der Waals surface area (Å²) >= 11 is 0. The molecule has 1 heterocycles. The van der Waals surface area contributed by atoms with Crippen LogP contribution >= 0.6 is 0 Å². The lowest BCUT2D eigenvalue weighted by Crippen LogP contribution is -2.42. The Morgan fingerprint density at radius 3 is 2.33 bits per heavy atom. The van der Waals surface area contributed by atoms with Crippen molar-refractivity contribution in [1.82, 2.24) is 5.32 Å². The van der Waals surface area contributed by atoms with Gasteiger partial charge in [0.15, 0.2) is 17.3 Å². The van der Waals surface area contributed by atoms with Gasteiger partial charge in [0, 0.05) is 34.9 Å². The van der Waals surface area contributed by atoms with E-state index in [9.17, 15) is 9.59 Å². The van der Waals surface area contributed by atoms with Gasteiger partial charge in [0.2, 0.25) is 0 Å². The van der Waals surface area contributed by atoms with Gasteiger partial charge in [-0.2, -0.15) is 0 Å². The number of rotatable bonds is 7. The van der Waals surface area contributed by atoms with E-state index in [2.05, 4.69) is 11.9 Å². The van der Waals surface area contributed by atoms with Gasteiger partial charge in [-0.05, 0) is 49.9 Å². The molecule has 0 saturated heterocycles. The van der Waals surface area contributed by atoms with Gasteiger partial charge in [-0.25, -0.2) is 0 Å². The fraction of sp³-hybridized carbons (Fsp3) is 0.379. The monoisotopic (exact) mass is 491 g/mol. The highest BCUT2D eigenvalue weighted by atomic mass is 16.5. The lowest BCUT2D eigenvalue weighted by molar-refractivity contribution is -0.151. The third kappa shape index (κ3) is 4.70. The number of carbonyl (C=O) groups is 2. The van der Waals surface area contributed by atoms with Crippen LogP contribution in [-0.2, 0) is 14.3 Å². The van der Waals surface area contributed by atoms with Gasteiger partial charge in [-0.1, -0.05) is 30.8 Å². The van der Waals surface area contributed by atoms with Gasteiger partial charge in [-0.3, -0.25) is 9.59 Å². The summed E-state index contributed by atoms with van der Waals surface area (Å²) in [6.45, 7) is 7.79. The van der Waals surface area contributed by atoms with Crippen LogP contribution in [0.2, 0.25) is 0 Å². The summed E-state index contributed by atoms with van der Waals surface area (Å²) in [7, 11) is 4.77. The minimum absolute atomic E-state index is 0.0192. The van der Waals surface area contributed by atoms with Crippen molar-refractivity contribution in [2.45, 2.75) is 44.6 Å². The molecule has 0 fully saturated rings. The molecule has 4 rings (SSSR count). The first kappa shape index (κ1) is 25.4. The molecule has 0 amide bonds. The Labute approximate surface area is 212 Å². The molecule has 3 unspecified atom stereocenters. The van der Waals surface area contributed by atoms with Gasteiger partial charge >= 0.3 is 5.97 Å². The number of allylic oxidation sites excluding steroid dienone is 2. The molecule has 2 aliphatic rings. The number of hydrogen-bond donors (Lipinski definition) is 1. The van der Waals surface area contributed by atoms with Gasteiger partial charge in [0.25, 0.3) is 0 Å². The van der Waals surface area contributed by atoms with Crippen LogP contribution in [0.4, 0.5) is 0 Å². The predicted molar refractivity (Wildman–Crippen MR) is 136 cm³/mol. The molecule has 190 valence electrons. The van der Waals surface area contributed by atoms with E-state index in [1.165, 1.54) is 0 Å². The Morgan fingerprint density at radius 2 is 1.67 bits per heavy atom. The van der Waals surface area contributed by atoms with Gasteiger partial charge in [0.05, 0.1) is 27.4 Å². The number of nitrogens with one attached hydrogen (secondary N) is 1. The Balaban J connectivity index is 1.80. The molecule has 1 aliphatic heterocycles. The van der Waals surface area contributed by atoms with Gasteiger partial charge in [0.1, 0.15) is 11.7 Å². The summed E-state index contributed by atoms with van der Waals surface area (Å²) in [6, 6.07) is 13.2. The number of hydrogen-bond acceptors (Lipinski definition) is 7. The van der Waals surface area contributed by atoms with Crippen LogP contribution in [0.15, 0.2) is 66.0 Å². The zero-order valence-corrected chi connectivity index (χ0v) is 21.4. The molecule has 0 spiro atoms. The molecule has 36 heavy (non-hydrogen) atoms. The number of ketones is 1. The average Bonchev–Trinajstić information content (AvgIpc) is 2.86. The Hall–Kier alpha value is -3.74. The van der Waals surface area contributed by atoms with E-state index in [1.807, 2.05) is 42.5 Å². The molecule has 2 aromatic rings. The Bertz CT molecular complexity index is 1210. The highest BCUT2D eigenvalue weighted by Gasteiger charge is 2.46. The van der Waals surface area contributed by atoms with E-state index < -0.39 is 17.8 Å². The minimum Gasteiger partial charge on any atom is -0.496 e. The van der Waals surface area contributed by atoms with Crippen molar-refractivity contribution >= 4 is 11.8 Å². The maximum atomic E-state index is 13.8. The van der Waals surface area contributed by atoms with E-state index in [0.717, 1.165) is 16.8 Å². The number of Topliss-reactive ketones (excluding diaryl/α,β-unsaturated/α-hetero) is 1. The van der Waals surface area contributed by atoms with Gasteiger partial charge < -0.3 is 24.3 Å². The van der Waals surface area contributed by atoms with Crippen molar-refractivity contribution in [1.29, 1.82) is 0 Å². The standard InChI is InChI=1S/C29H33NO6/c1-16(2)36-29(32)26-17(3)30-21-13-19(18-11-12-24(34-5)25(15-18)35-6)14-22(31)28(21)27(26)20-9-7-8-10-23(20)33-4/h7-12,15-16,19,26-27,30H,3,13-14H2,1-2,4-6H3. The number of benzene rings is 2. The Morgan fingerprint density at radius 1 is 0.972 bits per heavy atom. The average molecular weight is 492 g/mol. The molecule has 3 atom stereocenters. The fourth-order valence-corrected chi connectivity index (χ4v) is 5.23. The quantitative estimate of drug-likeness (QED) is 0.553. The van der Waals surface area contributed by atoms with E-state index in [4.69, 9.17) is 18.9 Å². The molecule has 1 aliphatic carbocycles. The molecule has 1 N–H and O–H groups in total. The summed E-state index contributed by atoms with van der Waals surface area (Å²) in [4.78, 5) is 27.1. The SMILES string of the molecule is C=C1NC2=C(C(=O)CC(c3ccc(OC)c(OC)c3)C2)C(c2ccccc2OC)C1C(=O)OC(C)C. The summed E-state index contributed by atoms with van der Waals surface area (Å²) in [5.74, 6) is 0.0463. The molecular formula is C29H33NO6. The van der Waals surface area contributed by atoms with Crippen molar-refractivity contribution in [3.8, 4) is 17.2 Å². The van der Waals surface area contributed by atoms with Crippen molar-refractivity contribution in [2.24, 2.45) is 5.92 Å². The summed E-state index contributed by atoms with van der Waals surface area (Å²) < 4.78 is 22.1. The third-order valence-electron chi connectivity index (χ3n) is 6.80. The summed E-state index contributed by atoms with van der Waals surface area (Å²) in [5.41, 5.74) is 3.62. The maximum Gasteiger partial charge on any atom is 0.316 e. The van der Waals surface area contributed by atoms with Crippen LogP contribution in [0, 0.1) is 5.92 Å². The highest BCUT2D eigenvalue weighted by Crippen LogP contribution is 2.49. The molecule has 0 aromatic heterocycles. The molecule has 7 heteroatoms. The molecule has 0 bridgehead atoms. The lowest BCUT2D eigenvalue weighted by atomic mass is 9.69. The van der Waals surface area contributed by atoms with Crippen molar-refractivity contribution in [3.63, 3.8) is 0 Å². The third-order valence-corrected chi connectivity index (χ3v) is 6.80. The zero-order chi connectivity index (χ0) is 26.0. The number of esters is 1. The first-order valence-electron chi connectivity index (χ1n) is 12.1. The van der Waals surface area contributed by atoms with Crippen LogP contribution in [0.25, 0.3) is 0 Å². The minimum atomic E-state index is -0.760. The highest BCUT2D eigenvalue weighted by molar-refractivity contribution is 6.01. The predicted octanol–water partition coefficient (Wildman–Crippen LogP) is 4.88. The van der Waals surface area contributed by atoms with Crippen molar-refractivity contribution < 1.29 is 28.5 Å². The first-order valence-corrected chi connectivity index (χ1v) is 12.1. The normalized spacial score (nSPS) is 21.6. The van der Waals surface area contributed by atoms with E-state index in [1.54, 1.807) is 35.2 Å². The van der Waals surface area contributed by atoms with Crippen LogP contribution in [-0.4, -0.2) is 39.2 Å². The van der Waals surface area contributed by atoms with E-state index in [-0.39, 0.29) is 17.8 Å². The smallest absolute Gasteiger partial charge is 0.316 e. The lowest BCUT2D eigenvalue weighted by Gasteiger charge is -2.40. The van der Waals surface area contributed by atoms with Crippen LogP contribution in [0.1, 0.15) is 49.7 Å². The first-order chi connectivity index (χ1) is 17.3. The number of methoxy groups -OCH3 is 3.